The molecule has 8 heteroatoms. The highest BCUT2D eigenvalue weighted by Crippen LogP contribution is 2.13. The molecule has 1 aromatic heterocycles. The van der Waals surface area contributed by atoms with Crippen LogP contribution in [-0.2, 0) is 16.6 Å². The summed E-state index contributed by atoms with van der Waals surface area (Å²) < 4.78 is 26.7. The Morgan fingerprint density at radius 2 is 2.26 bits per heavy atom. The molecule has 0 aliphatic heterocycles. The zero-order valence-corrected chi connectivity index (χ0v) is 12.2. The first-order chi connectivity index (χ1) is 8.99. The molecule has 100 valence electrons. The van der Waals surface area contributed by atoms with Crippen molar-refractivity contribution in [3.05, 3.63) is 46.4 Å². The average molecular weight is 313 g/mol. The lowest BCUT2D eigenvalue weighted by molar-refractivity contribution is 0.582. The Morgan fingerprint density at radius 1 is 1.47 bits per heavy atom. The summed E-state index contributed by atoms with van der Waals surface area (Å²) >= 11 is 6.22. The molecule has 0 aliphatic rings. The summed E-state index contributed by atoms with van der Waals surface area (Å²) in [7, 11) is -3.58. The lowest BCUT2D eigenvalue weighted by atomic mass is 10.2. The third-order valence-corrected chi connectivity index (χ3v) is 4.76. The van der Waals surface area contributed by atoms with Gasteiger partial charge in [0, 0.05) is 23.2 Å². The van der Waals surface area contributed by atoms with E-state index < -0.39 is 10.0 Å². The second-order valence-corrected chi connectivity index (χ2v) is 6.86. The van der Waals surface area contributed by atoms with E-state index in [1.165, 1.54) is 23.5 Å². The smallest absolute Gasteiger partial charge is 0.240 e. The molecule has 0 bridgehead atoms. The van der Waals surface area contributed by atoms with Crippen LogP contribution in [0.1, 0.15) is 10.4 Å². The first-order valence-corrected chi connectivity index (χ1v) is 8.03. The second-order valence-electron chi connectivity index (χ2n) is 3.68. The summed E-state index contributed by atoms with van der Waals surface area (Å²) in [6.07, 6.45) is 1.62. The minimum absolute atomic E-state index is 0.141. The molecule has 0 saturated carbocycles. The van der Waals surface area contributed by atoms with Crippen molar-refractivity contribution in [2.24, 2.45) is 5.73 Å². The number of aromatic nitrogens is 1. The maximum Gasteiger partial charge on any atom is 0.240 e. The fourth-order valence-corrected chi connectivity index (χ4v) is 3.20. The monoisotopic (exact) mass is 313 g/mol. The Labute approximate surface area is 120 Å². The van der Waals surface area contributed by atoms with Crippen molar-refractivity contribution in [2.45, 2.75) is 11.4 Å². The van der Waals surface area contributed by atoms with Gasteiger partial charge in [-0.25, -0.2) is 13.1 Å². The van der Waals surface area contributed by atoms with Gasteiger partial charge in [-0.15, -0.1) is 11.3 Å². The highest BCUT2D eigenvalue weighted by molar-refractivity contribution is 7.89. The van der Waals surface area contributed by atoms with Gasteiger partial charge in [-0.3, -0.25) is 4.98 Å². The Bertz CT molecular complexity index is 681. The van der Waals surface area contributed by atoms with E-state index in [2.05, 4.69) is 9.71 Å². The molecular weight excluding hydrogens is 302 g/mol. The van der Waals surface area contributed by atoms with E-state index >= 15 is 0 Å². The van der Waals surface area contributed by atoms with Gasteiger partial charge in [0.1, 0.15) is 4.99 Å². The van der Waals surface area contributed by atoms with Gasteiger partial charge in [0.15, 0.2) is 0 Å². The second kappa shape index (κ2) is 5.74. The summed E-state index contributed by atoms with van der Waals surface area (Å²) in [5.74, 6) is 0. The van der Waals surface area contributed by atoms with Crippen LogP contribution in [0.15, 0.2) is 40.9 Å². The maximum atomic E-state index is 12.1. The van der Waals surface area contributed by atoms with E-state index in [1.54, 1.807) is 23.8 Å². The van der Waals surface area contributed by atoms with Crippen LogP contribution in [0.5, 0.6) is 0 Å². The first kappa shape index (κ1) is 14.1. The third-order valence-electron chi connectivity index (χ3n) is 2.35. The molecule has 2 aromatic rings. The van der Waals surface area contributed by atoms with Gasteiger partial charge in [0.25, 0.3) is 0 Å². The van der Waals surface area contributed by atoms with Crippen LogP contribution in [0.25, 0.3) is 0 Å². The van der Waals surface area contributed by atoms with Crippen molar-refractivity contribution in [3.8, 4) is 0 Å². The van der Waals surface area contributed by atoms with Gasteiger partial charge in [-0.1, -0.05) is 24.4 Å². The topological polar surface area (TPSA) is 85.1 Å². The number of thiocarbonyl (C=S) groups is 1. The van der Waals surface area contributed by atoms with Crippen molar-refractivity contribution in [2.75, 3.05) is 0 Å². The quantitative estimate of drug-likeness (QED) is 0.812. The van der Waals surface area contributed by atoms with Crippen LogP contribution in [0.3, 0.4) is 0 Å². The normalized spacial score (nSPS) is 11.4. The van der Waals surface area contributed by atoms with Crippen molar-refractivity contribution in [1.29, 1.82) is 0 Å². The first-order valence-electron chi connectivity index (χ1n) is 5.26. The summed E-state index contributed by atoms with van der Waals surface area (Å²) in [5, 5.41) is 0. The van der Waals surface area contributed by atoms with Crippen LogP contribution in [-0.4, -0.2) is 18.4 Å². The molecule has 0 fully saturated rings. The number of rotatable bonds is 5. The molecule has 5 nitrogen and oxygen atoms in total. The van der Waals surface area contributed by atoms with E-state index in [0.29, 0.717) is 5.56 Å². The Hall–Kier alpha value is -1.35. The molecular formula is C11H11N3O2S3. The Balaban J connectivity index is 2.19. The molecule has 19 heavy (non-hydrogen) atoms. The summed E-state index contributed by atoms with van der Waals surface area (Å²) in [5.41, 5.74) is 7.66. The zero-order chi connectivity index (χ0) is 13.9. The van der Waals surface area contributed by atoms with Gasteiger partial charge in [0.05, 0.1) is 10.4 Å². The number of hydrogen-bond donors (Lipinski definition) is 2. The predicted molar refractivity (Wildman–Crippen MR) is 78.5 cm³/mol. The molecule has 0 unspecified atom stereocenters. The number of nitrogens with two attached hydrogens (primary N) is 1. The molecule has 1 aromatic carbocycles. The third kappa shape index (κ3) is 3.57. The minimum Gasteiger partial charge on any atom is -0.389 e. The molecule has 0 spiro atoms. The fourth-order valence-electron chi connectivity index (χ4n) is 1.40. The van der Waals surface area contributed by atoms with Gasteiger partial charge in [-0.05, 0) is 12.1 Å². The molecule has 3 N–H and O–H groups in total. The van der Waals surface area contributed by atoms with E-state index in [1.807, 2.05) is 0 Å². The van der Waals surface area contributed by atoms with E-state index in [0.717, 1.165) is 4.88 Å². The SMILES string of the molecule is NC(=S)c1cccc(S(=O)(=O)NCc2cncs2)c1. The van der Waals surface area contributed by atoms with E-state index in [4.69, 9.17) is 18.0 Å². The standard InChI is InChI=1S/C11H11N3O2S3/c12-11(17)8-2-1-3-10(4-8)19(15,16)14-6-9-5-13-7-18-9/h1-5,7,14H,6H2,(H2,12,17). The van der Waals surface area contributed by atoms with Crippen LogP contribution in [0.4, 0.5) is 0 Å². The summed E-state index contributed by atoms with van der Waals surface area (Å²) in [6, 6.07) is 6.23. The number of sulfonamides is 1. The Kier molecular flexibility index (Phi) is 4.25. The highest BCUT2D eigenvalue weighted by atomic mass is 32.2. The molecule has 0 aliphatic carbocycles. The summed E-state index contributed by atoms with van der Waals surface area (Å²) in [4.78, 5) is 5.03. The number of nitrogens with zero attached hydrogens (tertiary/aromatic N) is 1. The van der Waals surface area contributed by atoms with Crippen LogP contribution in [0, 0.1) is 0 Å². The van der Waals surface area contributed by atoms with Crippen molar-refractivity contribution >= 4 is 38.6 Å². The van der Waals surface area contributed by atoms with Crippen molar-refractivity contribution in [1.82, 2.24) is 9.71 Å². The van der Waals surface area contributed by atoms with Crippen LogP contribution >= 0.6 is 23.6 Å². The largest absolute Gasteiger partial charge is 0.389 e. The zero-order valence-electron chi connectivity index (χ0n) is 9.74. The van der Waals surface area contributed by atoms with Crippen molar-refractivity contribution < 1.29 is 8.42 Å². The highest BCUT2D eigenvalue weighted by Gasteiger charge is 2.14. The lowest BCUT2D eigenvalue weighted by Gasteiger charge is -2.07. The lowest BCUT2D eigenvalue weighted by Crippen LogP contribution is -2.23. The van der Waals surface area contributed by atoms with Gasteiger partial charge in [-0.2, -0.15) is 0 Å². The predicted octanol–water partition coefficient (Wildman–Crippen LogP) is 1.26. The number of nitrogens with one attached hydrogen (secondary N) is 1. The van der Waals surface area contributed by atoms with E-state index in [9.17, 15) is 8.42 Å². The fraction of sp³-hybridized carbons (Fsp3) is 0.0909. The molecule has 0 amide bonds. The number of benzene rings is 1. The van der Waals surface area contributed by atoms with Gasteiger partial charge in [0.2, 0.25) is 10.0 Å². The van der Waals surface area contributed by atoms with Crippen LogP contribution in [0.2, 0.25) is 0 Å². The van der Waals surface area contributed by atoms with Gasteiger partial charge >= 0.3 is 0 Å². The summed E-state index contributed by atoms with van der Waals surface area (Å²) in [6.45, 7) is 0.213. The molecule has 0 saturated heterocycles. The maximum absolute atomic E-state index is 12.1. The number of thiazole rings is 1. The number of hydrogen-bond acceptors (Lipinski definition) is 5. The van der Waals surface area contributed by atoms with Crippen molar-refractivity contribution in [3.63, 3.8) is 0 Å². The molecule has 0 radical (unpaired) electrons. The van der Waals surface area contributed by atoms with Crippen LogP contribution < -0.4 is 10.5 Å². The molecule has 0 atom stereocenters. The van der Waals surface area contributed by atoms with E-state index in [-0.39, 0.29) is 16.4 Å². The molecule has 2 rings (SSSR count). The molecule has 1 heterocycles. The minimum atomic E-state index is -3.58. The Morgan fingerprint density at radius 3 is 2.89 bits per heavy atom. The van der Waals surface area contributed by atoms with Gasteiger partial charge < -0.3 is 5.73 Å². The average Bonchev–Trinajstić information content (AvgIpc) is 2.90.